The molecular weight excluding hydrogens is 347 g/mol. The molecule has 0 radical (unpaired) electrons. The van der Waals surface area contributed by atoms with E-state index in [1.807, 2.05) is 43.3 Å². The predicted molar refractivity (Wildman–Crippen MR) is 98.2 cm³/mol. The fraction of sp³-hybridized carbons (Fsp3) is 0.278. The van der Waals surface area contributed by atoms with Crippen LogP contribution in [0, 0.1) is 0 Å². The van der Waals surface area contributed by atoms with E-state index in [0.29, 0.717) is 22.2 Å². The van der Waals surface area contributed by atoms with Gasteiger partial charge in [0.1, 0.15) is 5.75 Å². The normalized spacial score (nSPS) is 12.1. The van der Waals surface area contributed by atoms with E-state index < -0.39 is 0 Å². The van der Waals surface area contributed by atoms with Crippen molar-refractivity contribution in [2.75, 3.05) is 27.7 Å². The molecule has 0 fully saturated rings. The summed E-state index contributed by atoms with van der Waals surface area (Å²) in [7, 11) is 5.57. The summed E-state index contributed by atoms with van der Waals surface area (Å²) in [6, 6.07) is 12.7. The standard InChI is InChI=1S/C18H20Cl2N2O2/c1-22(2)17(12-5-4-6-14(9-12)24-3)11-21-18(23)13-7-8-15(19)16(20)10-13/h4-10,17H,11H2,1-3H3,(H,21,23). The van der Waals surface area contributed by atoms with Crippen LogP contribution in [0.15, 0.2) is 42.5 Å². The van der Waals surface area contributed by atoms with Gasteiger partial charge in [0, 0.05) is 12.1 Å². The number of rotatable bonds is 6. The minimum atomic E-state index is -0.191. The fourth-order valence-electron chi connectivity index (χ4n) is 2.38. The molecule has 0 aliphatic rings. The van der Waals surface area contributed by atoms with Gasteiger partial charge in [0.25, 0.3) is 5.91 Å². The Hall–Kier alpha value is -1.75. The van der Waals surface area contributed by atoms with E-state index in [2.05, 4.69) is 5.32 Å². The lowest BCUT2D eigenvalue weighted by Crippen LogP contribution is -2.34. The second kappa shape index (κ2) is 8.38. The molecule has 0 saturated heterocycles. The van der Waals surface area contributed by atoms with Crippen molar-refractivity contribution in [3.8, 4) is 5.75 Å². The number of carbonyl (C=O) groups excluding carboxylic acids is 1. The number of ether oxygens (including phenoxy) is 1. The first kappa shape index (κ1) is 18.6. The minimum absolute atomic E-state index is 0.0202. The van der Waals surface area contributed by atoms with Gasteiger partial charge in [-0.3, -0.25) is 4.79 Å². The zero-order chi connectivity index (χ0) is 17.7. The molecule has 1 N–H and O–H groups in total. The van der Waals surface area contributed by atoms with E-state index in [-0.39, 0.29) is 11.9 Å². The van der Waals surface area contributed by atoms with Crippen LogP contribution in [0.5, 0.6) is 5.75 Å². The Balaban J connectivity index is 2.10. The number of benzene rings is 2. The van der Waals surface area contributed by atoms with Gasteiger partial charge >= 0.3 is 0 Å². The second-order valence-corrected chi connectivity index (χ2v) is 6.41. The van der Waals surface area contributed by atoms with Crippen molar-refractivity contribution >= 4 is 29.1 Å². The molecule has 128 valence electrons. The second-order valence-electron chi connectivity index (χ2n) is 5.59. The first-order chi connectivity index (χ1) is 11.4. The quantitative estimate of drug-likeness (QED) is 0.838. The highest BCUT2D eigenvalue weighted by Gasteiger charge is 2.17. The van der Waals surface area contributed by atoms with E-state index in [9.17, 15) is 4.79 Å². The smallest absolute Gasteiger partial charge is 0.251 e. The lowest BCUT2D eigenvalue weighted by atomic mass is 10.1. The highest BCUT2D eigenvalue weighted by atomic mass is 35.5. The molecule has 2 aromatic rings. The zero-order valence-electron chi connectivity index (χ0n) is 13.8. The SMILES string of the molecule is COc1cccc(C(CNC(=O)c2ccc(Cl)c(Cl)c2)N(C)C)c1. The molecule has 1 unspecified atom stereocenters. The maximum atomic E-state index is 12.3. The zero-order valence-corrected chi connectivity index (χ0v) is 15.4. The molecule has 0 aromatic heterocycles. The number of carbonyl (C=O) groups is 1. The number of hydrogen-bond donors (Lipinski definition) is 1. The molecule has 0 aliphatic heterocycles. The first-order valence-corrected chi connectivity index (χ1v) is 8.21. The monoisotopic (exact) mass is 366 g/mol. The number of hydrogen-bond acceptors (Lipinski definition) is 3. The molecule has 0 heterocycles. The summed E-state index contributed by atoms with van der Waals surface area (Å²) in [5.74, 6) is 0.596. The molecule has 0 spiro atoms. The summed E-state index contributed by atoms with van der Waals surface area (Å²) in [6.07, 6.45) is 0. The van der Waals surface area contributed by atoms with Crippen LogP contribution in [0.4, 0.5) is 0 Å². The van der Waals surface area contributed by atoms with Crippen LogP contribution in [0.25, 0.3) is 0 Å². The maximum absolute atomic E-state index is 12.3. The molecule has 1 atom stereocenters. The number of nitrogens with zero attached hydrogens (tertiary/aromatic N) is 1. The largest absolute Gasteiger partial charge is 0.497 e. The molecule has 2 rings (SSSR count). The highest BCUT2D eigenvalue weighted by Crippen LogP contribution is 2.24. The number of nitrogens with one attached hydrogen (secondary N) is 1. The van der Waals surface area contributed by atoms with E-state index in [1.54, 1.807) is 25.3 Å². The molecule has 2 aromatic carbocycles. The van der Waals surface area contributed by atoms with Gasteiger partial charge in [-0.25, -0.2) is 0 Å². The summed E-state index contributed by atoms with van der Waals surface area (Å²) >= 11 is 11.8. The molecule has 24 heavy (non-hydrogen) atoms. The predicted octanol–water partition coefficient (Wildman–Crippen LogP) is 4.03. The van der Waals surface area contributed by atoms with Crippen LogP contribution in [-0.2, 0) is 0 Å². The number of halogens is 2. The molecule has 0 saturated carbocycles. The van der Waals surface area contributed by atoms with Gasteiger partial charge in [-0.2, -0.15) is 0 Å². The molecule has 0 aliphatic carbocycles. The van der Waals surface area contributed by atoms with Crippen molar-refractivity contribution in [2.24, 2.45) is 0 Å². The van der Waals surface area contributed by atoms with Crippen molar-refractivity contribution < 1.29 is 9.53 Å². The average Bonchev–Trinajstić information content (AvgIpc) is 2.57. The average molecular weight is 367 g/mol. The van der Waals surface area contributed by atoms with Crippen LogP contribution < -0.4 is 10.1 Å². The van der Waals surface area contributed by atoms with E-state index in [1.165, 1.54) is 0 Å². The van der Waals surface area contributed by atoms with E-state index >= 15 is 0 Å². The Kier molecular flexibility index (Phi) is 6.49. The maximum Gasteiger partial charge on any atom is 0.251 e. The van der Waals surface area contributed by atoms with Crippen LogP contribution in [0.1, 0.15) is 22.0 Å². The molecule has 4 nitrogen and oxygen atoms in total. The Morgan fingerprint density at radius 1 is 1.17 bits per heavy atom. The summed E-state index contributed by atoms with van der Waals surface area (Å²) in [6.45, 7) is 0.458. The summed E-state index contributed by atoms with van der Waals surface area (Å²) in [5, 5.41) is 3.73. The van der Waals surface area contributed by atoms with Crippen LogP contribution in [0.2, 0.25) is 10.0 Å². The fourth-order valence-corrected chi connectivity index (χ4v) is 2.67. The summed E-state index contributed by atoms with van der Waals surface area (Å²) in [5.41, 5.74) is 1.54. The Morgan fingerprint density at radius 3 is 2.54 bits per heavy atom. The van der Waals surface area contributed by atoms with Gasteiger partial charge in [0.2, 0.25) is 0 Å². The van der Waals surface area contributed by atoms with Crippen molar-refractivity contribution in [2.45, 2.75) is 6.04 Å². The molecule has 0 bridgehead atoms. The Bertz CT molecular complexity index is 720. The number of amides is 1. The Morgan fingerprint density at radius 2 is 1.92 bits per heavy atom. The van der Waals surface area contributed by atoms with Gasteiger partial charge in [-0.1, -0.05) is 35.3 Å². The third kappa shape index (κ3) is 4.63. The topological polar surface area (TPSA) is 41.6 Å². The van der Waals surface area contributed by atoms with Crippen molar-refractivity contribution in [3.63, 3.8) is 0 Å². The van der Waals surface area contributed by atoms with Crippen LogP contribution in [0.3, 0.4) is 0 Å². The van der Waals surface area contributed by atoms with E-state index in [4.69, 9.17) is 27.9 Å². The van der Waals surface area contributed by atoms with Crippen molar-refractivity contribution in [3.05, 3.63) is 63.6 Å². The number of methoxy groups -OCH3 is 1. The minimum Gasteiger partial charge on any atom is -0.497 e. The van der Waals surface area contributed by atoms with Crippen LogP contribution in [-0.4, -0.2) is 38.6 Å². The van der Waals surface area contributed by atoms with Crippen molar-refractivity contribution in [1.82, 2.24) is 10.2 Å². The van der Waals surface area contributed by atoms with Gasteiger partial charge < -0.3 is 15.0 Å². The summed E-state index contributed by atoms with van der Waals surface area (Å²) < 4.78 is 5.27. The number of likely N-dealkylation sites (N-methyl/N-ethyl adjacent to an activating group) is 1. The lowest BCUT2D eigenvalue weighted by Gasteiger charge is -2.25. The third-order valence-electron chi connectivity index (χ3n) is 3.74. The Labute approximate surface area is 152 Å². The molecular formula is C18H20Cl2N2O2. The van der Waals surface area contributed by atoms with Crippen molar-refractivity contribution in [1.29, 1.82) is 0 Å². The lowest BCUT2D eigenvalue weighted by molar-refractivity contribution is 0.0942. The molecule has 1 amide bonds. The molecule has 6 heteroatoms. The van der Waals surface area contributed by atoms with Gasteiger partial charge in [-0.15, -0.1) is 0 Å². The van der Waals surface area contributed by atoms with Crippen LogP contribution >= 0.6 is 23.2 Å². The third-order valence-corrected chi connectivity index (χ3v) is 4.48. The first-order valence-electron chi connectivity index (χ1n) is 7.46. The van der Waals surface area contributed by atoms with Gasteiger partial charge in [0.05, 0.1) is 23.2 Å². The van der Waals surface area contributed by atoms with Gasteiger partial charge in [0.15, 0.2) is 0 Å². The van der Waals surface area contributed by atoms with Gasteiger partial charge in [-0.05, 0) is 50.0 Å². The highest BCUT2D eigenvalue weighted by molar-refractivity contribution is 6.42. The van der Waals surface area contributed by atoms with E-state index in [0.717, 1.165) is 11.3 Å². The summed E-state index contributed by atoms with van der Waals surface area (Å²) in [4.78, 5) is 14.4.